The summed E-state index contributed by atoms with van der Waals surface area (Å²) in [6.45, 7) is 0.389. The molecule has 2 rings (SSSR count). The van der Waals surface area contributed by atoms with Crippen molar-refractivity contribution in [2.45, 2.75) is 0 Å². The average Bonchev–Trinajstić information content (AvgIpc) is 2.88. The molecule has 1 aromatic carbocycles. The van der Waals surface area contributed by atoms with Crippen molar-refractivity contribution in [1.82, 2.24) is 9.78 Å². The molecule has 1 heterocycles. The Morgan fingerprint density at radius 2 is 2.11 bits per heavy atom. The molecule has 0 radical (unpaired) electrons. The van der Waals surface area contributed by atoms with E-state index in [9.17, 15) is 9.59 Å². The van der Waals surface area contributed by atoms with Crippen molar-refractivity contribution in [1.29, 1.82) is 0 Å². The third-order valence-corrected chi connectivity index (χ3v) is 2.60. The van der Waals surface area contributed by atoms with Crippen LogP contribution >= 0.6 is 0 Å². The fourth-order valence-corrected chi connectivity index (χ4v) is 1.69. The molecular formula is C13H13N3O3. The number of anilines is 1. The molecule has 0 fully saturated rings. The zero-order valence-corrected chi connectivity index (χ0v) is 10.6. The van der Waals surface area contributed by atoms with Gasteiger partial charge in [0.05, 0.1) is 23.1 Å². The van der Waals surface area contributed by atoms with E-state index in [0.29, 0.717) is 17.8 Å². The van der Waals surface area contributed by atoms with E-state index in [1.54, 1.807) is 23.0 Å². The molecule has 0 spiro atoms. The number of benzene rings is 1. The Kier molecular flexibility index (Phi) is 3.61. The first kappa shape index (κ1) is 12.8. The van der Waals surface area contributed by atoms with Crippen molar-refractivity contribution in [2.24, 2.45) is 0 Å². The van der Waals surface area contributed by atoms with Crippen LogP contribution in [0, 0.1) is 0 Å². The number of ether oxygens (including phenoxy) is 1. The van der Waals surface area contributed by atoms with Crippen LogP contribution in [0.4, 0.5) is 5.69 Å². The van der Waals surface area contributed by atoms with Gasteiger partial charge in [-0.05, 0) is 18.2 Å². The highest BCUT2D eigenvalue weighted by Crippen LogP contribution is 2.29. The summed E-state index contributed by atoms with van der Waals surface area (Å²) in [5.41, 5.74) is 2.02. The molecule has 6 nitrogen and oxygen atoms in total. The van der Waals surface area contributed by atoms with Crippen LogP contribution in [0.3, 0.4) is 0 Å². The summed E-state index contributed by atoms with van der Waals surface area (Å²) < 4.78 is 6.49. The second-order valence-electron chi connectivity index (χ2n) is 4.10. The van der Waals surface area contributed by atoms with Crippen molar-refractivity contribution in [2.75, 3.05) is 19.0 Å². The van der Waals surface area contributed by atoms with Gasteiger partial charge < -0.3 is 9.64 Å². The number of carbonyl (C=O) groups is 2. The lowest BCUT2D eigenvalue weighted by atomic mass is 10.2. The summed E-state index contributed by atoms with van der Waals surface area (Å²) in [6.07, 6.45) is 3.85. The molecule has 19 heavy (non-hydrogen) atoms. The van der Waals surface area contributed by atoms with Crippen LogP contribution in [0.5, 0.6) is 5.75 Å². The van der Waals surface area contributed by atoms with Gasteiger partial charge in [0.2, 0.25) is 0 Å². The second-order valence-corrected chi connectivity index (χ2v) is 4.10. The van der Waals surface area contributed by atoms with Gasteiger partial charge >= 0.3 is 0 Å². The Morgan fingerprint density at radius 3 is 2.68 bits per heavy atom. The molecule has 0 atom stereocenters. The summed E-state index contributed by atoms with van der Waals surface area (Å²) in [5, 5.41) is 4.09. The first-order chi connectivity index (χ1) is 9.15. The van der Waals surface area contributed by atoms with Gasteiger partial charge in [0.1, 0.15) is 0 Å². The van der Waals surface area contributed by atoms with Crippen molar-refractivity contribution >= 4 is 18.4 Å². The predicted molar refractivity (Wildman–Crippen MR) is 70.0 cm³/mol. The van der Waals surface area contributed by atoms with Crippen LogP contribution < -0.4 is 9.64 Å². The normalized spacial score (nSPS) is 10.0. The standard InChI is InChI=1S/C13H13N3O3/c1-15(2)12-5-11(3-4-13(12)19-9-18)16-7-10(8-17)6-14-16/h3-9H,1-2H3. The highest BCUT2D eigenvalue weighted by atomic mass is 16.5. The van der Waals surface area contributed by atoms with Crippen molar-refractivity contribution in [3.8, 4) is 11.4 Å². The minimum Gasteiger partial charge on any atom is -0.427 e. The van der Waals surface area contributed by atoms with Crippen LogP contribution in [0.1, 0.15) is 10.4 Å². The van der Waals surface area contributed by atoms with Gasteiger partial charge in [-0.1, -0.05) is 0 Å². The number of aromatic nitrogens is 2. The number of hydrogen-bond donors (Lipinski definition) is 0. The van der Waals surface area contributed by atoms with Gasteiger partial charge in [-0.15, -0.1) is 0 Å². The summed E-state index contributed by atoms with van der Waals surface area (Å²) in [7, 11) is 3.69. The Balaban J connectivity index is 2.44. The van der Waals surface area contributed by atoms with E-state index in [1.807, 2.05) is 25.1 Å². The Bertz CT molecular complexity index is 605. The number of carbonyl (C=O) groups excluding carboxylic acids is 2. The molecule has 0 saturated heterocycles. The molecule has 98 valence electrons. The highest BCUT2D eigenvalue weighted by Gasteiger charge is 2.09. The molecule has 1 aromatic heterocycles. The van der Waals surface area contributed by atoms with Crippen LogP contribution in [0.2, 0.25) is 0 Å². The maximum atomic E-state index is 10.6. The monoisotopic (exact) mass is 259 g/mol. The molecule has 0 aliphatic rings. The molecule has 0 bridgehead atoms. The number of aldehydes is 1. The topological polar surface area (TPSA) is 64.4 Å². The van der Waals surface area contributed by atoms with E-state index < -0.39 is 0 Å². The first-order valence-electron chi connectivity index (χ1n) is 5.57. The van der Waals surface area contributed by atoms with Gasteiger partial charge in [-0.2, -0.15) is 5.10 Å². The van der Waals surface area contributed by atoms with Crippen LogP contribution in [-0.4, -0.2) is 36.6 Å². The zero-order chi connectivity index (χ0) is 13.8. The quantitative estimate of drug-likeness (QED) is 0.757. The highest BCUT2D eigenvalue weighted by molar-refractivity contribution is 5.74. The lowest BCUT2D eigenvalue weighted by Gasteiger charge is -2.17. The van der Waals surface area contributed by atoms with Crippen LogP contribution in [0.15, 0.2) is 30.6 Å². The fraction of sp³-hybridized carbons (Fsp3) is 0.154. The van der Waals surface area contributed by atoms with E-state index in [1.165, 1.54) is 6.20 Å². The minimum atomic E-state index is 0.389. The third-order valence-electron chi connectivity index (χ3n) is 2.60. The van der Waals surface area contributed by atoms with Gasteiger partial charge in [0.15, 0.2) is 12.0 Å². The lowest BCUT2D eigenvalue weighted by molar-refractivity contribution is -0.120. The predicted octanol–water partition coefficient (Wildman–Crippen LogP) is 1.29. The molecule has 0 unspecified atom stereocenters. The van der Waals surface area contributed by atoms with Gasteiger partial charge in [0.25, 0.3) is 6.47 Å². The number of nitrogens with zero attached hydrogens (tertiary/aromatic N) is 3. The van der Waals surface area contributed by atoms with Crippen molar-refractivity contribution < 1.29 is 14.3 Å². The summed E-state index contributed by atoms with van der Waals surface area (Å²) in [5.74, 6) is 0.464. The van der Waals surface area contributed by atoms with Crippen molar-refractivity contribution in [3.63, 3.8) is 0 Å². The minimum absolute atomic E-state index is 0.389. The second kappa shape index (κ2) is 5.34. The third kappa shape index (κ3) is 2.62. The van der Waals surface area contributed by atoms with E-state index in [-0.39, 0.29) is 0 Å². The number of hydrogen-bond acceptors (Lipinski definition) is 5. The Labute approximate surface area is 110 Å². The smallest absolute Gasteiger partial charge is 0.298 e. The maximum absolute atomic E-state index is 10.6. The molecule has 0 saturated carbocycles. The summed E-state index contributed by atoms with van der Waals surface area (Å²) >= 11 is 0. The largest absolute Gasteiger partial charge is 0.427 e. The van der Waals surface area contributed by atoms with E-state index >= 15 is 0 Å². The van der Waals surface area contributed by atoms with E-state index in [2.05, 4.69) is 5.10 Å². The maximum Gasteiger partial charge on any atom is 0.298 e. The Hall–Kier alpha value is -2.63. The molecule has 2 aromatic rings. The fourth-order valence-electron chi connectivity index (χ4n) is 1.69. The van der Waals surface area contributed by atoms with Gasteiger partial charge in [-0.3, -0.25) is 9.59 Å². The Morgan fingerprint density at radius 1 is 1.32 bits per heavy atom. The lowest BCUT2D eigenvalue weighted by Crippen LogP contribution is -2.11. The molecular weight excluding hydrogens is 246 g/mol. The molecule has 0 aliphatic heterocycles. The number of rotatable bonds is 5. The van der Waals surface area contributed by atoms with E-state index in [4.69, 9.17) is 4.74 Å². The summed E-state index contributed by atoms with van der Waals surface area (Å²) in [4.78, 5) is 22.9. The van der Waals surface area contributed by atoms with E-state index in [0.717, 1.165) is 17.7 Å². The van der Waals surface area contributed by atoms with Crippen LogP contribution in [0.25, 0.3) is 5.69 Å². The average molecular weight is 259 g/mol. The molecule has 0 N–H and O–H groups in total. The van der Waals surface area contributed by atoms with Gasteiger partial charge in [-0.25, -0.2) is 4.68 Å². The van der Waals surface area contributed by atoms with Crippen LogP contribution in [-0.2, 0) is 4.79 Å². The van der Waals surface area contributed by atoms with Gasteiger partial charge in [0, 0.05) is 20.3 Å². The van der Waals surface area contributed by atoms with Crippen molar-refractivity contribution in [3.05, 3.63) is 36.2 Å². The molecule has 0 amide bonds. The first-order valence-corrected chi connectivity index (χ1v) is 5.57. The summed E-state index contributed by atoms with van der Waals surface area (Å²) in [6, 6.07) is 5.26. The molecule has 6 heteroatoms. The SMILES string of the molecule is CN(C)c1cc(-n2cc(C=O)cn2)ccc1OC=O. The zero-order valence-electron chi connectivity index (χ0n) is 10.6. The molecule has 0 aliphatic carbocycles.